The Morgan fingerprint density at radius 3 is 0.812 bits per heavy atom. The second-order valence-corrected chi connectivity index (χ2v) is 2.05. The summed E-state index contributed by atoms with van der Waals surface area (Å²) in [5.41, 5.74) is 8.89. The molecule has 0 aliphatic heterocycles. The van der Waals surface area contributed by atoms with Crippen LogP contribution < -0.4 is 11.5 Å². The highest BCUT2D eigenvalue weighted by Crippen LogP contribution is 1.42. The van der Waals surface area contributed by atoms with E-state index in [4.69, 9.17) is 34.8 Å². The van der Waals surface area contributed by atoms with Crippen molar-refractivity contribution in [2.75, 3.05) is 0 Å². The van der Waals surface area contributed by atoms with Crippen LogP contribution in [-0.2, 0) is 14.4 Å². The molecule has 0 unspecified atom stereocenters. The van der Waals surface area contributed by atoms with Crippen LogP contribution >= 0.6 is 0 Å². The number of aliphatic carboxylic acids is 3. The van der Waals surface area contributed by atoms with E-state index in [2.05, 4.69) is 11.5 Å². The normalized spacial score (nSPS) is 6.94. The predicted octanol–water partition coefficient (Wildman–Crippen LogP) is -1.55. The minimum atomic E-state index is -1.17. The van der Waals surface area contributed by atoms with Crippen molar-refractivity contribution in [3.8, 4) is 0 Å². The number of carboxylic acid groups (broad SMARTS) is 3. The van der Waals surface area contributed by atoms with E-state index in [-0.39, 0.29) is 0 Å². The van der Waals surface area contributed by atoms with Gasteiger partial charge in [-0.25, -0.2) is 0 Å². The van der Waals surface area contributed by atoms with Gasteiger partial charge in [-0.1, -0.05) is 0 Å². The van der Waals surface area contributed by atoms with E-state index in [0.29, 0.717) is 0 Å². The van der Waals surface area contributed by atoms with E-state index in [0.717, 1.165) is 20.8 Å². The van der Waals surface area contributed by atoms with E-state index < -0.39 is 24.3 Å². The molecule has 0 saturated heterocycles. The molecular formula is C7H18N2O7. The third-order valence-corrected chi connectivity index (χ3v) is 0. The first-order chi connectivity index (χ1) is 6.93. The van der Waals surface area contributed by atoms with Gasteiger partial charge in [0.25, 0.3) is 17.9 Å². The molecule has 0 aliphatic carbocycles. The van der Waals surface area contributed by atoms with Crippen molar-refractivity contribution in [1.82, 2.24) is 0 Å². The average Bonchev–Trinajstić information content (AvgIpc) is 1.76. The number of rotatable bonds is 0. The van der Waals surface area contributed by atoms with Gasteiger partial charge >= 0.3 is 0 Å². The molecular weight excluding hydrogens is 224 g/mol. The van der Waals surface area contributed by atoms with Crippen molar-refractivity contribution in [2.24, 2.45) is 11.5 Å². The van der Waals surface area contributed by atoms with Gasteiger partial charge in [0.15, 0.2) is 6.35 Å². The zero-order chi connectivity index (χ0) is 14.3. The molecule has 16 heavy (non-hydrogen) atoms. The summed E-state index contributed by atoms with van der Waals surface area (Å²) in [6, 6.07) is 0. The Labute approximate surface area is 92.3 Å². The van der Waals surface area contributed by atoms with Gasteiger partial charge in [-0.2, -0.15) is 0 Å². The second kappa shape index (κ2) is 19.0. The van der Waals surface area contributed by atoms with Crippen LogP contribution in [0.2, 0.25) is 0 Å². The first-order valence-corrected chi connectivity index (χ1v) is 3.71. The third-order valence-electron chi connectivity index (χ3n) is 0. The molecule has 9 heteroatoms. The number of hydrogen-bond donors (Lipinski definition) is 6. The topological polar surface area (TPSA) is 184 Å². The summed E-state index contributed by atoms with van der Waals surface area (Å²) in [7, 11) is 0. The van der Waals surface area contributed by atoms with E-state index in [1.54, 1.807) is 0 Å². The zero-order valence-electron chi connectivity index (χ0n) is 9.25. The first kappa shape index (κ1) is 23.8. The minimum Gasteiger partial charge on any atom is -0.481 e. The predicted molar refractivity (Wildman–Crippen MR) is 54.3 cm³/mol. The van der Waals surface area contributed by atoms with Gasteiger partial charge in [0.05, 0.1) is 0 Å². The maximum absolute atomic E-state index is 9.00. The fourth-order valence-corrected chi connectivity index (χ4v) is 0. The zero-order valence-corrected chi connectivity index (χ0v) is 9.25. The SMILES string of the molecule is CC(=O)O.CC(=O)O.CC(=O)O.NC(N)O. The summed E-state index contributed by atoms with van der Waals surface area (Å²) in [5.74, 6) is -2.50. The molecule has 0 rings (SSSR count). The van der Waals surface area contributed by atoms with Crippen LogP contribution in [0.5, 0.6) is 0 Å². The monoisotopic (exact) mass is 242 g/mol. The number of aliphatic hydroxyl groups is 1. The molecule has 0 bridgehead atoms. The van der Waals surface area contributed by atoms with Crippen molar-refractivity contribution in [3.05, 3.63) is 0 Å². The number of hydrogen-bond acceptors (Lipinski definition) is 6. The standard InChI is InChI=1S/3C2H4O2.CH6N2O/c3*1-2(3)4;2-1(3)4/h3*1H3,(H,3,4);1,4H,2-3H2. The van der Waals surface area contributed by atoms with Gasteiger partial charge in [-0.3, -0.25) is 25.9 Å². The van der Waals surface area contributed by atoms with Gasteiger partial charge in [0.2, 0.25) is 0 Å². The smallest absolute Gasteiger partial charge is 0.300 e. The van der Waals surface area contributed by atoms with Crippen molar-refractivity contribution < 1.29 is 34.8 Å². The Kier molecular flexibility index (Phi) is 28.2. The van der Waals surface area contributed by atoms with Crippen LogP contribution in [0.1, 0.15) is 20.8 Å². The van der Waals surface area contributed by atoms with Gasteiger partial charge in [-0.05, 0) is 0 Å². The van der Waals surface area contributed by atoms with Gasteiger partial charge < -0.3 is 20.4 Å². The number of nitrogens with two attached hydrogens (primary N) is 2. The lowest BCUT2D eigenvalue weighted by Crippen LogP contribution is -2.28. The molecule has 0 aromatic rings. The van der Waals surface area contributed by atoms with Crippen LogP contribution in [0.3, 0.4) is 0 Å². The summed E-state index contributed by atoms with van der Waals surface area (Å²) < 4.78 is 0. The van der Waals surface area contributed by atoms with Crippen molar-refractivity contribution >= 4 is 17.9 Å². The third kappa shape index (κ3) is 536. The lowest BCUT2D eigenvalue weighted by atomic mass is 10.9. The van der Waals surface area contributed by atoms with E-state index in [1.165, 1.54) is 0 Å². The molecule has 0 atom stereocenters. The van der Waals surface area contributed by atoms with Gasteiger partial charge in [0.1, 0.15) is 0 Å². The Hall–Kier alpha value is -1.71. The summed E-state index contributed by atoms with van der Waals surface area (Å²) in [4.78, 5) is 27.0. The summed E-state index contributed by atoms with van der Waals surface area (Å²) in [6.07, 6.45) is -1.17. The van der Waals surface area contributed by atoms with Crippen LogP contribution in [0.15, 0.2) is 0 Å². The van der Waals surface area contributed by atoms with E-state index in [9.17, 15) is 0 Å². The molecule has 0 amide bonds. The Morgan fingerprint density at radius 2 is 0.812 bits per heavy atom. The van der Waals surface area contributed by atoms with E-state index in [1.807, 2.05) is 0 Å². The minimum absolute atomic E-state index is 0.833. The Morgan fingerprint density at radius 1 is 0.812 bits per heavy atom. The van der Waals surface area contributed by atoms with Crippen LogP contribution in [0.4, 0.5) is 0 Å². The van der Waals surface area contributed by atoms with Gasteiger partial charge in [0, 0.05) is 20.8 Å². The van der Waals surface area contributed by atoms with Crippen LogP contribution in [0, 0.1) is 0 Å². The first-order valence-electron chi connectivity index (χ1n) is 3.71. The average molecular weight is 242 g/mol. The van der Waals surface area contributed by atoms with Crippen LogP contribution in [0.25, 0.3) is 0 Å². The molecule has 0 fully saturated rings. The molecule has 9 nitrogen and oxygen atoms in total. The lowest BCUT2D eigenvalue weighted by Gasteiger charge is -1.83. The summed E-state index contributed by atoms with van der Waals surface area (Å²) >= 11 is 0. The highest BCUT2D eigenvalue weighted by atomic mass is 16.4. The van der Waals surface area contributed by atoms with Crippen LogP contribution in [-0.4, -0.2) is 44.7 Å². The molecule has 98 valence electrons. The molecule has 0 aromatic carbocycles. The number of carbonyl (C=O) groups is 3. The molecule has 0 radical (unpaired) electrons. The molecule has 0 aromatic heterocycles. The Bertz CT molecular complexity index is 150. The lowest BCUT2D eigenvalue weighted by molar-refractivity contribution is -0.135. The molecule has 0 aliphatic rings. The highest BCUT2D eigenvalue weighted by molar-refractivity contribution is 5.63. The fourth-order valence-electron chi connectivity index (χ4n) is 0. The maximum atomic E-state index is 9.00. The Balaban J connectivity index is -0.0000000600. The van der Waals surface area contributed by atoms with E-state index >= 15 is 0 Å². The molecule has 8 N–H and O–H groups in total. The van der Waals surface area contributed by atoms with Crippen molar-refractivity contribution in [1.29, 1.82) is 0 Å². The molecule has 0 heterocycles. The number of aliphatic hydroxyl groups excluding tert-OH is 1. The molecule has 0 spiro atoms. The van der Waals surface area contributed by atoms with Gasteiger partial charge in [-0.15, -0.1) is 0 Å². The fraction of sp³-hybridized carbons (Fsp3) is 0.571. The molecule has 0 saturated carbocycles. The summed E-state index contributed by atoms with van der Waals surface area (Å²) in [5, 5.41) is 29.9. The maximum Gasteiger partial charge on any atom is 0.300 e. The van der Waals surface area contributed by atoms with Crippen molar-refractivity contribution in [2.45, 2.75) is 27.1 Å². The summed E-state index contributed by atoms with van der Waals surface area (Å²) in [6.45, 7) is 3.25. The quantitative estimate of drug-likeness (QED) is 0.273. The number of carboxylic acids is 3. The second-order valence-electron chi connectivity index (χ2n) is 2.05. The highest BCUT2D eigenvalue weighted by Gasteiger charge is 1.67. The van der Waals surface area contributed by atoms with Crippen molar-refractivity contribution in [3.63, 3.8) is 0 Å². The largest absolute Gasteiger partial charge is 0.481 e.